The van der Waals surface area contributed by atoms with Gasteiger partial charge in [0.1, 0.15) is 5.75 Å². The van der Waals surface area contributed by atoms with E-state index in [9.17, 15) is 0 Å². The van der Waals surface area contributed by atoms with Crippen LogP contribution in [0.3, 0.4) is 0 Å². The molecule has 0 unspecified atom stereocenters. The second-order valence-electron chi connectivity index (χ2n) is 4.80. The predicted octanol–water partition coefficient (Wildman–Crippen LogP) is 4.32. The van der Waals surface area contributed by atoms with Gasteiger partial charge in [0.25, 0.3) is 0 Å². The van der Waals surface area contributed by atoms with Gasteiger partial charge in [0.15, 0.2) is 0 Å². The lowest BCUT2D eigenvalue weighted by Crippen LogP contribution is -1.87. The molecule has 0 N–H and O–H groups in total. The minimum atomic E-state index is 0.853. The molecule has 3 heteroatoms. The van der Waals surface area contributed by atoms with Gasteiger partial charge in [-0.3, -0.25) is 9.97 Å². The van der Waals surface area contributed by atoms with E-state index in [4.69, 9.17) is 4.74 Å². The summed E-state index contributed by atoms with van der Waals surface area (Å²) in [5, 5.41) is 0. The second-order valence-corrected chi connectivity index (χ2v) is 4.80. The molecule has 1 aromatic carbocycles. The van der Waals surface area contributed by atoms with E-state index in [1.165, 1.54) is 0 Å². The summed E-state index contributed by atoms with van der Waals surface area (Å²) in [4.78, 5) is 8.70. The lowest BCUT2D eigenvalue weighted by molar-refractivity contribution is 0.414. The van der Waals surface area contributed by atoms with Crippen molar-refractivity contribution in [1.82, 2.24) is 9.97 Å². The quantitative estimate of drug-likeness (QED) is 0.717. The number of rotatable bonds is 4. The SMILES string of the molecule is COc1cccc(/C=C\c2ccnc(-c3ccccn3)c2)c1. The van der Waals surface area contributed by atoms with Gasteiger partial charge in [0.2, 0.25) is 0 Å². The number of methoxy groups -OCH3 is 1. The zero-order chi connectivity index (χ0) is 15.2. The van der Waals surface area contributed by atoms with E-state index in [2.05, 4.69) is 22.1 Å². The zero-order valence-electron chi connectivity index (χ0n) is 12.3. The van der Waals surface area contributed by atoms with Crippen LogP contribution in [0.4, 0.5) is 0 Å². The molecule has 0 saturated carbocycles. The summed E-state index contributed by atoms with van der Waals surface area (Å²) >= 11 is 0. The van der Waals surface area contributed by atoms with E-state index in [1.54, 1.807) is 19.5 Å². The van der Waals surface area contributed by atoms with Crippen molar-refractivity contribution in [3.63, 3.8) is 0 Å². The van der Waals surface area contributed by atoms with Crippen molar-refractivity contribution in [2.24, 2.45) is 0 Å². The predicted molar refractivity (Wildman–Crippen MR) is 89.4 cm³/mol. The molecular weight excluding hydrogens is 272 g/mol. The molecule has 0 fully saturated rings. The minimum Gasteiger partial charge on any atom is -0.497 e. The summed E-state index contributed by atoms with van der Waals surface area (Å²) in [6, 6.07) is 17.8. The monoisotopic (exact) mass is 288 g/mol. The first-order chi connectivity index (χ1) is 10.8. The van der Waals surface area contributed by atoms with E-state index in [1.807, 2.05) is 54.6 Å². The highest BCUT2D eigenvalue weighted by Gasteiger charge is 2.00. The number of aromatic nitrogens is 2. The summed E-state index contributed by atoms with van der Waals surface area (Å²) in [6.07, 6.45) is 7.69. The van der Waals surface area contributed by atoms with Crippen molar-refractivity contribution >= 4 is 12.2 Å². The minimum absolute atomic E-state index is 0.853. The average Bonchev–Trinajstić information content (AvgIpc) is 2.61. The molecule has 0 saturated heterocycles. The van der Waals surface area contributed by atoms with Crippen LogP contribution >= 0.6 is 0 Å². The van der Waals surface area contributed by atoms with Crippen molar-refractivity contribution in [3.05, 3.63) is 78.1 Å². The number of hydrogen-bond acceptors (Lipinski definition) is 3. The molecule has 0 atom stereocenters. The smallest absolute Gasteiger partial charge is 0.119 e. The van der Waals surface area contributed by atoms with Crippen molar-refractivity contribution in [3.8, 4) is 17.1 Å². The first-order valence-corrected chi connectivity index (χ1v) is 7.05. The third-order valence-electron chi connectivity index (χ3n) is 3.27. The van der Waals surface area contributed by atoms with Gasteiger partial charge >= 0.3 is 0 Å². The number of hydrogen-bond donors (Lipinski definition) is 0. The Kier molecular flexibility index (Phi) is 4.25. The molecule has 2 aromatic heterocycles. The van der Waals surface area contributed by atoms with Crippen LogP contribution in [0.5, 0.6) is 5.75 Å². The van der Waals surface area contributed by atoms with Gasteiger partial charge in [-0.15, -0.1) is 0 Å². The lowest BCUT2D eigenvalue weighted by atomic mass is 10.1. The van der Waals surface area contributed by atoms with E-state index in [-0.39, 0.29) is 0 Å². The molecule has 0 bridgehead atoms. The molecule has 3 nitrogen and oxygen atoms in total. The van der Waals surface area contributed by atoms with Crippen molar-refractivity contribution in [1.29, 1.82) is 0 Å². The van der Waals surface area contributed by atoms with Gasteiger partial charge in [0.05, 0.1) is 18.5 Å². The maximum absolute atomic E-state index is 5.23. The maximum atomic E-state index is 5.23. The highest BCUT2D eigenvalue weighted by molar-refractivity contribution is 5.72. The van der Waals surface area contributed by atoms with E-state index < -0.39 is 0 Å². The highest BCUT2D eigenvalue weighted by Crippen LogP contribution is 2.18. The molecule has 0 spiro atoms. The summed E-state index contributed by atoms with van der Waals surface area (Å²) < 4.78 is 5.23. The zero-order valence-corrected chi connectivity index (χ0v) is 12.3. The standard InChI is InChI=1S/C19H16N2O/c1-22-17-6-4-5-15(13-17)8-9-16-10-12-21-19(14-16)18-7-2-3-11-20-18/h2-14H,1H3/b9-8-. The Balaban J connectivity index is 1.85. The molecular formula is C19H16N2O. The second kappa shape index (κ2) is 6.68. The Labute approximate surface area is 130 Å². The molecule has 0 amide bonds. The fraction of sp³-hybridized carbons (Fsp3) is 0.0526. The Morgan fingerprint density at radius 3 is 2.36 bits per heavy atom. The fourth-order valence-corrected chi connectivity index (χ4v) is 2.14. The third kappa shape index (κ3) is 3.38. The van der Waals surface area contributed by atoms with Gasteiger partial charge in [-0.2, -0.15) is 0 Å². The molecule has 0 radical (unpaired) electrons. The maximum Gasteiger partial charge on any atom is 0.119 e. The molecule has 0 aliphatic rings. The number of ether oxygens (including phenoxy) is 1. The topological polar surface area (TPSA) is 35.0 Å². The van der Waals surface area contributed by atoms with E-state index >= 15 is 0 Å². The van der Waals surface area contributed by atoms with E-state index in [0.29, 0.717) is 0 Å². The fourth-order valence-electron chi connectivity index (χ4n) is 2.14. The van der Waals surface area contributed by atoms with Crippen molar-refractivity contribution < 1.29 is 4.74 Å². The molecule has 3 rings (SSSR count). The van der Waals surface area contributed by atoms with Crippen LogP contribution in [0, 0.1) is 0 Å². The average molecular weight is 288 g/mol. The summed E-state index contributed by atoms with van der Waals surface area (Å²) in [7, 11) is 1.67. The molecule has 0 aliphatic heterocycles. The first-order valence-electron chi connectivity index (χ1n) is 7.05. The summed E-state index contributed by atoms with van der Waals surface area (Å²) in [5.74, 6) is 0.853. The van der Waals surface area contributed by atoms with Crippen LogP contribution in [0.2, 0.25) is 0 Å². The molecule has 3 aromatic rings. The van der Waals surface area contributed by atoms with Crippen LogP contribution < -0.4 is 4.74 Å². The molecule has 2 heterocycles. The first kappa shape index (κ1) is 14.0. The lowest BCUT2D eigenvalue weighted by Gasteiger charge is -2.02. The normalized spacial score (nSPS) is 10.8. The third-order valence-corrected chi connectivity index (χ3v) is 3.27. The van der Waals surface area contributed by atoms with Crippen LogP contribution in [-0.2, 0) is 0 Å². The van der Waals surface area contributed by atoms with Gasteiger partial charge in [-0.25, -0.2) is 0 Å². The number of nitrogens with zero attached hydrogens (tertiary/aromatic N) is 2. The van der Waals surface area contributed by atoms with E-state index in [0.717, 1.165) is 28.3 Å². The summed E-state index contributed by atoms with van der Waals surface area (Å²) in [5.41, 5.74) is 3.92. The van der Waals surface area contributed by atoms with Gasteiger partial charge in [-0.1, -0.05) is 30.4 Å². The molecule has 108 valence electrons. The summed E-state index contributed by atoms with van der Waals surface area (Å²) in [6.45, 7) is 0. The van der Waals surface area contributed by atoms with Crippen LogP contribution in [0.15, 0.2) is 67.0 Å². The van der Waals surface area contributed by atoms with Gasteiger partial charge < -0.3 is 4.74 Å². The largest absolute Gasteiger partial charge is 0.497 e. The van der Waals surface area contributed by atoms with Crippen LogP contribution in [-0.4, -0.2) is 17.1 Å². The molecule has 0 aliphatic carbocycles. The number of pyridine rings is 2. The van der Waals surface area contributed by atoms with Gasteiger partial charge in [-0.05, 0) is 47.5 Å². The highest BCUT2D eigenvalue weighted by atomic mass is 16.5. The van der Waals surface area contributed by atoms with Crippen LogP contribution in [0.25, 0.3) is 23.5 Å². The number of benzene rings is 1. The van der Waals surface area contributed by atoms with Crippen LogP contribution in [0.1, 0.15) is 11.1 Å². The van der Waals surface area contributed by atoms with Crippen molar-refractivity contribution in [2.75, 3.05) is 7.11 Å². The Morgan fingerprint density at radius 1 is 0.773 bits per heavy atom. The van der Waals surface area contributed by atoms with Gasteiger partial charge in [0, 0.05) is 12.4 Å². The Hall–Kier alpha value is -2.94. The Morgan fingerprint density at radius 2 is 1.59 bits per heavy atom. The molecule has 22 heavy (non-hydrogen) atoms. The Bertz CT molecular complexity index is 782. The van der Waals surface area contributed by atoms with Crippen molar-refractivity contribution in [2.45, 2.75) is 0 Å².